The Morgan fingerprint density at radius 2 is 2.00 bits per heavy atom. The molecule has 2 aliphatic heterocycles. The van der Waals surface area contributed by atoms with Gasteiger partial charge in [0.15, 0.2) is 0 Å². The summed E-state index contributed by atoms with van der Waals surface area (Å²) < 4.78 is 5.84. The highest BCUT2D eigenvalue weighted by Gasteiger charge is 2.28. The molecule has 2 atom stereocenters. The lowest BCUT2D eigenvalue weighted by Gasteiger charge is -2.37. The van der Waals surface area contributed by atoms with E-state index in [1.807, 2.05) is 11.0 Å². The molecule has 1 amide bonds. The Morgan fingerprint density at radius 1 is 1.24 bits per heavy atom. The zero-order valence-electron chi connectivity index (χ0n) is 14.7. The van der Waals surface area contributed by atoms with Crippen LogP contribution in [-0.2, 0) is 16.1 Å². The largest absolute Gasteiger partial charge is 0.375 e. The third kappa shape index (κ3) is 6.42. The molecule has 1 unspecified atom stereocenters. The Labute approximate surface area is 162 Å². The summed E-state index contributed by atoms with van der Waals surface area (Å²) in [4.78, 5) is 16.9. The number of halogens is 2. The van der Waals surface area contributed by atoms with Gasteiger partial charge in [0.25, 0.3) is 0 Å². The van der Waals surface area contributed by atoms with Crippen LogP contribution < -0.4 is 5.32 Å². The zero-order valence-corrected chi connectivity index (χ0v) is 16.4. The lowest BCUT2D eigenvalue weighted by molar-refractivity contribution is -0.139. The molecule has 0 bridgehead atoms. The van der Waals surface area contributed by atoms with Crippen molar-refractivity contribution >= 4 is 30.7 Å². The van der Waals surface area contributed by atoms with Gasteiger partial charge in [-0.2, -0.15) is 0 Å². The van der Waals surface area contributed by atoms with Crippen molar-refractivity contribution in [1.82, 2.24) is 15.1 Å². The molecule has 7 heteroatoms. The van der Waals surface area contributed by atoms with Crippen molar-refractivity contribution in [1.29, 1.82) is 0 Å². The summed E-state index contributed by atoms with van der Waals surface area (Å²) in [7, 11) is 0. The molecule has 1 N–H and O–H groups in total. The number of hydrogen-bond donors (Lipinski definition) is 1. The number of rotatable bonds is 4. The van der Waals surface area contributed by atoms with Crippen molar-refractivity contribution in [2.75, 3.05) is 39.3 Å². The number of hydrogen-bond acceptors (Lipinski definition) is 4. The molecule has 2 fully saturated rings. The molecular weight excluding hydrogens is 361 g/mol. The quantitative estimate of drug-likeness (QED) is 0.854. The van der Waals surface area contributed by atoms with E-state index in [4.69, 9.17) is 4.74 Å². The predicted molar refractivity (Wildman–Crippen MR) is 105 cm³/mol. The van der Waals surface area contributed by atoms with Crippen LogP contribution in [0.1, 0.15) is 18.9 Å². The van der Waals surface area contributed by atoms with Crippen LogP contribution in [0.2, 0.25) is 0 Å². The minimum atomic E-state index is 0. The average Bonchev–Trinajstić information content (AvgIpc) is 2.56. The maximum atomic E-state index is 12.5. The van der Waals surface area contributed by atoms with Crippen molar-refractivity contribution in [3.8, 4) is 0 Å². The van der Waals surface area contributed by atoms with Gasteiger partial charge in [-0.1, -0.05) is 30.3 Å². The molecule has 0 radical (unpaired) electrons. The molecule has 3 rings (SSSR count). The molecule has 0 saturated carbocycles. The first kappa shape index (κ1) is 22.2. The fourth-order valence-corrected chi connectivity index (χ4v) is 3.41. The van der Waals surface area contributed by atoms with E-state index in [-0.39, 0.29) is 42.9 Å². The minimum Gasteiger partial charge on any atom is -0.375 e. The van der Waals surface area contributed by atoms with E-state index >= 15 is 0 Å². The Morgan fingerprint density at radius 3 is 2.72 bits per heavy atom. The van der Waals surface area contributed by atoms with Gasteiger partial charge in [0.2, 0.25) is 5.91 Å². The highest BCUT2D eigenvalue weighted by Crippen LogP contribution is 2.15. The normalized spacial score (nSPS) is 24.1. The highest BCUT2D eigenvalue weighted by atomic mass is 35.5. The number of carbonyl (C=O) groups is 1. The Balaban J connectivity index is 0.00000156. The van der Waals surface area contributed by atoms with Crippen LogP contribution >= 0.6 is 24.8 Å². The first-order valence-corrected chi connectivity index (χ1v) is 8.60. The third-order valence-electron chi connectivity index (χ3n) is 4.70. The van der Waals surface area contributed by atoms with E-state index in [0.29, 0.717) is 13.0 Å². The van der Waals surface area contributed by atoms with Gasteiger partial charge in [0.05, 0.1) is 19.1 Å². The number of benzene rings is 1. The van der Waals surface area contributed by atoms with Crippen molar-refractivity contribution in [3.63, 3.8) is 0 Å². The third-order valence-corrected chi connectivity index (χ3v) is 4.70. The van der Waals surface area contributed by atoms with E-state index in [1.165, 1.54) is 5.56 Å². The molecule has 0 aromatic heterocycles. The van der Waals surface area contributed by atoms with E-state index < -0.39 is 0 Å². The van der Waals surface area contributed by atoms with Crippen LogP contribution in [0.15, 0.2) is 30.3 Å². The predicted octanol–water partition coefficient (Wildman–Crippen LogP) is 1.94. The van der Waals surface area contributed by atoms with Gasteiger partial charge in [0, 0.05) is 45.3 Å². The van der Waals surface area contributed by atoms with E-state index in [0.717, 1.165) is 39.3 Å². The number of morpholine rings is 1. The van der Waals surface area contributed by atoms with Crippen LogP contribution in [0.25, 0.3) is 0 Å². The molecular formula is C18H29Cl2N3O2. The van der Waals surface area contributed by atoms with Gasteiger partial charge in [-0.05, 0) is 12.5 Å². The fourth-order valence-electron chi connectivity index (χ4n) is 3.41. The first-order valence-electron chi connectivity index (χ1n) is 8.60. The van der Waals surface area contributed by atoms with Gasteiger partial charge in [-0.3, -0.25) is 9.69 Å². The summed E-state index contributed by atoms with van der Waals surface area (Å²) in [5.41, 5.74) is 1.32. The Kier molecular flexibility index (Phi) is 9.75. The van der Waals surface area contributed by atoms with E-state index in [1.54, 1.807) is 0 Å². The summed E-state index contributed by atoms with van der Waals surface area (Å²) >= 11 is 0. The molecule has 2 aliphatic rings. The smallest absolute Gasteiger partial charge is 0.225 e. The van der Waals surface area contributed by atoms with Gasteiger partial charge in [-0.25, -0.2) is 0 Å². The topological polar surface area (TPSA) is 44.8 Å². The molecule has 142 valence electrons. The SMILES string of the molecule is C[C@H]1CNCCN1C(=O)CC1CN(Cc2ccccc2)CCO1.Cl.Cl. The molecule has 0 aliphatic carbocycles. The fraction of sp³-hybridized carbons (Fsp3) is 0.611. The number of nitrogens with one attached hydrogen (secondary N) is 1. The molecule has 25 heavy (non-hydrogen) atoms. The number of piperazine rings is 1. The first-order chi connectivity index (χ1) is 11.2. The second-order valence-electron chi connectivity index (χ2n) is 6.56. The summed E-state index contributed by atoms with van der Waals surface area (Å²) in [6.45, 7) is 8.10. The number of amides is 1. The highest BCUT2D eigenvalue weighted by molar-refractivity contribution is 5.85. The maximum absolute atomic E-state index is 12.5. The van der Waals surface area contributed by atoms with Crippen LogP contribution in [-0.4, -0.2) is 67.2 Å². The van der Waals surface area contributed by atoms with Crippen molar-refractivity contribution in [2.24, 2.45) is 0 Å². The summed E-state index contributed by atoms with van der Waals surface area (Å²) in [6.07, 6.45) is 0.511. The second kappa shape index (κ2) is 11.0. The molecule has 1 aromatic carbocycles. The Hall–Kier alpha value is -0.850. The molecule has 2 heterocycles. The maximum Gasteiger partial charge on any atom is 0.225 e. The molecule has 2 saturated heterocycles. The summed E-state index contributed by atoms with van der Waals surface area (Å²) in [5, 5.41) is 3.32. The van der Waals surface area contributed by atoms with Crippen molar-refractivity contribution < 1.29 is 9.53 Å². The monoisotopic (exact) mass is 389 g/mol. The van der Waals surface area contributed by atoms with Gasteiger partial charge < -0.3 is 15.0 Å². The molecule has 1 aromatic rings. The standard InChI is InChI=1S/C18H27N3O2.2ClH/c1-15-12-19-7-8-21(15)18(22)11-17-14-20(9-10-23-17)13-16-5-3-2-4-6-16;;/h2-6,15,17,19H,7-14H2,1H3;2*1H/t15-,17?;;/m0../s1. The second-order valence-corrected chi connectivity index (χ2v) is 6.56. The van der Waals surface area contributed by atoms with E-state index in [2.05, 4.69) is 41.4 Å². The molecule has 5 nitrogen and oxygen atoms in total. The van der Waals surface area contributed by atoms with Crippen LogP contribution in [0.3, 0.4) is 0 Å². The van der Waals surface area contributed by atoms with Gasteiger partial charge in [0.1, 0.15) is 0 Å². The average molecular weight is 390 g/mol. The van der Waals surface area contributed by atoms with Crippen LogP contribution in [0.4, 0.5) is 0 Å². The van der Waals surface area contributed by atoms with Crippen molar-refractivity contribution in [2.45, 2.75) is 32.0 Å². The number of ether oxygens (including phenoxy) is 1. The van der Waals surface area contributed by atoms with Gasteiger partial charge >= 0.3 is 0 Å². The summed E-state index contributed by atoms with van der Waals surface area (Å²) in [6, 6.07) is 10.8. The molecule has 0 spiro atoms. The lowest BCUT2D eigenvalue weighted by atomic mass is 10.1. The lowest BCUT2D eigenvalue weighted by Crippen LogP contribution is -2.53. The van der Waals surface area contributed by atoms with Crippen LogP contribution in [0, 0.1) is 0 Å². The van der Waals surface area contributed by atoms with Gasteiger partial charge in [-0.15, -0.1) is 24.8 Å². The minimum absolute atomic E-state index is 0. The Bertz CT molecular complexity index is 518. The number of nitrogens with zero attached hydrogens (tertiary/aromatic N) is 2. The summed E-state index contributed by atoms with van der Waals surface area (Å²) in [5.74, 6) is 0.227. The van der Waals surface area contributed by atoms with Crippen LogP contribution in [0.5, 0.6) is 0 Å². The zero-order chi connectivity index (χ0) is 16.1. The van der Waals surface area contributed by atoms with E-state index in [9.17, 15) is 4.79 Å². The van der Waals surface area contributed by atoms with Crippen molar-refractivity contribution in [3.05, 3.63) is 35.9 Å². The number of carbonyl (C=O) groups excluding carboxylic acids is 1.